The average molecular weight is 518 g/mol. The molecule has 0 N–H and O–H groups in total. The van der Waals surface area contributed by atoms with Crippen LogP contribution in [0.5, 0.6) is 0 Å². The second-order valence-corrected chi connectivity index (χ2v) is 10.7. The second-order valence-electron chi connectivity index (χ2n) is 10.7. The van der Waals surface area contributed by atoms with Gasteiger partial charge in [-0.2, -0.15) is 0 Å². The number of aromatic nitrogens is 1. The van der Waals surface area contributed by atoms with Crippen LogP contribution in [0, 0.1) is 6.92 Å². The van der Waals surface area contributed by atoms with Gasteiger partial charge < -0.3 is 24.3 Å². The number of morpholine rings is 1. The molecule has 1 aromatic heterocycles. The zero-order valence-corrected chi connectivity index (χ0v) is 22.0. The van der Waals surface area contributed by atoms with Crippen molar-refractivity contribution in [2.75, 3.05) is 68.8 Å². The first-order valence-corrected chi connectivity index (χ1v) is 13.8. The molecule has 38 heavy (non-hydrogen) atoms. The van der Waals surface area contributed by atoms with Crippen molar-refractivity contribution in [3.05, 3.63) is 52.7 Å². The monoisotopic (exact) mass is 517 g/mol. The van der Waals surface area contributed by atoms with Crippen molar-refractivity contribution in [1.82, 2.24) is 14.8 Å². The van der Waals surface area contributed by atoms with Gasteiger partial charge in [0.25, 0.3) is 11.8 Å². The predicted molar refractivity (Wildman–Crippen MR) is 144 cm³/mol. The van der Waals surface area contributed by atoms with Crippen LogP contribution in [0.2, 0.25) is 0 Å². The summed E-state index contributed by atoms with van der Waals surface area (Å²) in [4.78, 5) is 52.0. The summed E-state index contributed by atoms with van der Waals surface area (Å²) in [6.07, 6.45) is 5.83. The Morgan fingerprint density at radius 2 is 1.61 bits per heavy atom. The highest BCUT2D eigenvalue weighted by molar-refractivity contribution is 6.09. The molecule has 0 unspecified atom stereocenters. The third kappa shape index (κ3) is 4.87. The van der Waals surface area contributed by atoms with Crippen LogP contribution in [0.15, 0.2) is 30.5 Å². The van der Waals surface area contributed by atoms with Gasteiger partial charge in [-0.25, -0.2) is 4.98 Å². The third-order valence-electron chi connectivity index (χ3n) is 8.13. The molecule has 9 heteroatoms. The van der Waals surface area contributed by atoms with Crippen LogP contribution in [0.1, 0.15) is 63.4 Å². The van der Waals surface area contributed by atoms with E-state index in [1.54, 1.807) is 28.0 Å². The highest BCUT2D eigenvalue weighted by Gasteiger charge is 2.31. The van der Waals surface area contributed by atoms with Crippen LogP contribution in [0.3, 0.4) is 0 Å². The molecule has 4 aliphatic rings. The molecule has 0 radical (unpaired) electrons. The summed E-state index contributed by atoms with van der Waals surface area (Å²) in [6.45, 7) is 7.19. The van der Waals surface area contributed by atoms with E-state index in [4.69, 9.17) is 9.72 Å². The number of amides is 3. The third-order valence-corrected chi connectivity index (χ3v) is 8.13. The van der Waals surface area contributed by atoms with Gasteiger partial charge in [-0.3, -0.25) is 14.4 Å². The lowest BCUT2D eigenvalue weighted by Crippen LogP contribution is -2.49. The molecule has 2 aromatic rings. The van der Waals surface area contributed by atoms with Crippen LogP contribution in [-0.4, -0.2) is 91.5 Å². The van der Waals surface area contributed by atoms with Crippen LogP contribution < -0.4 is 9.80 Å². The second kappa shape index (κ2) is 10.4. The normalized spacial score (nSPS) is 20.3. The molecule has 3 aliphatic heterocycles. The standard InChI is InChI=1S/C29H35N5O4/c1-20-17-22(21-4-5-21)19-30-27(20)31-9-11-32(12-10-31)28(36)24-7-6-23(34-8-2-3-26(34)35)18-25(24)29(37)33-13-15-38-16-14-33/h6-7,17-19,21H,2-5,8-16H2,1H3. The molecule has 1 aromatic carbocycles. The number of piperazine rings is 1. The molecule has 1 aliphatic carbocycles. The zero-order chi connectivity index (χ0) is 26.2. The van der Waals surface area contributed by atoms with E-state index in [-0.39, 0.29) is 17.7 Å². The molecule has 6 rings (SSSR count). The van der Waals surface area contributed by atoms with Crippen molar-refractivity contribution < 1.29 is 19.1 Å². The van der Waals surface area contributed by atoms with Crippen LogP contribution in [0.4, 0.5) is 11.5 Å². The fraction of sp³-hybridized carbons (Fsp3) is 0.517. The number of nitrogens with zero attached hydrogens (tertiary/aromatic N) is 5. The van der Waals surface area contributed by atoms with Gasteiger partial charge in [0.1, 0.15) is 5.82 Å². The van der Waals surface area contributed by atoms with E-state index < -0.39 is 0 Å². The summed E-state index contributed by atoms with van der Waals surface area (Å²) in [5.74, 6) is 1.39. The largest absolute Gasteiger partial charge is 0.378 e. The number of rotatable bonds is 5. The van der Waals surface area contributed by atoms with Gasteiger partial charge in [0.15, 0.2) is 0 Å². The first-order chi connectivity index (χ1) is 18.5. The molecule has 1 saturated carbocycles. The fourth-order valence-corrected chi connectivity index (χ4v) is 5.77. The molecular formula is C29H35N5O4. The number of carbonyl (C=O) groups is 3. The lowest BCUT2D eigenvalue weighted by Gasteiger charge is -2.36. The Hall–Kier alpha value is -3.46. The highest BCUT2D eigenvalue weighted by atomic mass is 16.5. The maximum Gasteiger partial charge on any atom is 0.254 e. The summed E-state index contributed by atoms with van der Waals surface area (Å²) in [6, 6.07) is 7.52. The van der Waals surface area contributed by atoms with E-state index in [1.807, 2.05) is 11.1 Å². The maximum atomic E-state index is 13.8. The number of pyridine rings is 1. The Bertz CT molecular complexity index is 1250. The highest BCUT2D eigenvalue weighted by Crippen LogP contribution is 2.40. The number of hydrogen-bond donors (Lipinski definition) is 0. The molecule has 9 nitrogen and oxygen atoms in total. The quantitative estimate of drug-likeness (QED) is 0.606. The number of anilines is 2. The first kappa shape index (κ1) is 24.9. The average Bonchev–Trinajstić information content (AvgIpc) is 3.72. The van der Waals surface area contributed by atoms with Gasteiger partial charge in [-0.05, 0) is 61.4 Å². The SMILES string of the molecule is Cc1cc(C2CC2)cnc1N1CCN(C(=O)c2ccc(N3CCCC3=O)cc2C(=O)N2CCOCC2)CC1. The van der Waals surface area contributed by atoms with Gasteiger partial charge in [-0.1, -0.05) is 6.07 Å². The first-order valence-electron chi connectivity index (χ1n) is 13.8. The Balaban J connectivity index is 1.21. The molecule has 4 fully saturated rings. The van der Waals surface area contributed by atoms with E-state index >= 15 is 0 Å². The maximum absolute atomic E-state index is 13.8. The van der Waals surface area contributed by atoms with E-state index in [9.17, 15) is 14.4 Å². The minimum atomic E-state index is -0.181. The number of benzene rings is 1. The summed E-state index contributed by atoms with van der Waals surface area (Å²) < 4.78 is 5.42. The fourth-order valence-electron chi connectivity index (χ4n) is 5.77. The number of hydrogen-bond acceptors (Lipinski definition) is 6. The summed E-state index contributed by atoms with van der Waals surface area (Å²) in [5, 5.41) is 0. The van der Waals surface area contributed by atoms with Gasteiger partial charge in [0.2, 0.25) is 5.91 Å². The minimum Gasteiger partial charge on any atom is -0.378 e. The topological polar surface area (TPSA) is 86.3 Å². The summed E-state index contributed by atoms with van der Waals surface area (Å²) in [7, 11) is 0. The molecule has 3 saturated heterocycles. The number of aryl methyl sites for hydroxylation is 1. The molecule has 0 spiro atoms. The van der Waals surface area contributed by atoms with Crippen LogP contribution in [0.25, 0.3) is 0 Å². The van der Waals surface area contributed by atoms with Gasteiger partial charge in [-0.15, -0.1) is 0 Å². The molecule has 3 amide bonds. The van der Waals surface area contributed by atoms with Gasteiger partial charge in [0, 0.05) is 64.1 Å². The molecule has 0 bridgehead atoms. The zero-order valence-electron chi connectivity index (χ0n) is 22.0. The van der Waals surface area contributed by atoms with Crippen molar-refractivity contribution in [1.29, 1.82) is 0 Å². The van der Waals surface area contributed by atoms with Crippen molar-refractivity contribution >= 4 is 29.2 Å². The number of carbonyl (C=O) groups excluding carboxylic acids is 3. The van der Waals surface area contributed by atoms with E-state index in [2.05, 4.69) is 17.9 Å². The Morgan fingerprint density at radius 3 is 2.26 bits per heavy atom. The molecule has 200 valence electrons. The lowest BCUT2D eigenvalue weighted by atomic mass is 10.0. The smallest absolute Gasteiger partial charge is 0.254 e. The molecule has 4 heterocycles. The van der Waals surface area contributed by atoms with E-state index in [1.165, 1.54) is 24.0 Å². The Labute approximate surface area is 223 Å². The van der Waals surface area contributed by atoms with E-state index in [0.717, 1.165) is 12.2 Å². The van der Waals surface area contributed by atoms with E-state index in [0.29, 0.717) is 88.2 Å². The van der Waals surface area contributed by atoms with Crippen molar-refractivity contribution in [3.63, 3.8) is 0 Å². The van der Waals surface area contributed by atoms with Crippen molar-refractivity contribution in [3.8, 4) is 0 Å². The Kier molecular flexibility index (Phi) is 6.78. The molecule has 0 atom stereocenters. The van der Waals surface area contributed by atoms with Crippen molar-refractivity contribution in [2.45, 2.75) is 38.5 Å². The Morgan fingerprint density at radius 1 is 0.895 bits per heavy atom. The van der Waals surface area contributed by atoms with Gasteiger partial charge in [0.05, 0.1) is 24.3 Å². The van der Waals surface area contributed by atoms with Crippen molar-refractivity contribution in [2.24, 2.45) is 0 Å². The number of ether oxygens (including phenoxy) is 1. The molecular weight excluding hydrogens is 482 g/mol. The minimum absolute atomic E-state index is 0.0547. The predicted octanol–water partition coefficient (Wildman–Crippen LogP) is 2.83. The van der Waals surface area contributed by atoms with Crippen LogP contribution in [-0.2, 0) is 9.53 Å². The van der Waals surface area contributed by atoms with Crippen LogP contribution >= 0.6 is 0 Å². The van der Waals surface area contributed by atoms with Gasteiger partial charge >= 0.3 is 0 Å². The lowest BCUT2D eigenvalue weighted by molar-refractivity contribution is -0.117. The summed E-state index contributed by atoms with van der Waals surface area (Å²) >= 11 is 0. The summed E-state index contributed by atoms with van der Waals surface area (Å²) in [5.41, 5.74) is 3.95.